The normalized spacial score (nSPS) is 10.9. The number of aromatic nitrogens is 2. The number of pyridine rings is 1. The van der Waals surface area contributed by atoms with Gasteiger partial charge in [0.2, 0.25) is 5.91 Å². The Morgan fingerprint density at radius 3 is 2.75 bits per heavy atom. The second kappa shape index (κ2) is 4.49. The predicted molar refractivity (Wildman–Crippen MR) is 79.5 cm³/mol. The lowest BCUT2D eigenvalue weighted by Crippen LogP contribution is -2.14. The Labute approximate surface area is 116 Å². The molecule has 0 atom stereocenters. The molecule has 0 saturated heterocycles. The van der Waals surface area contributed by atoms with Crippen LogP contribution in [-0.2, 0) is 0 Å². The van der Waals surface area contributed by atoms with Gasteiger partial charge < -0.3 is 10.7 Å². The monoisotopic (exact) mass is 265 g/mol. The summed E-state index contributed by atoms with van der Waals surface area (Å²) < 4.78 is 0. The molecule has 0 aliphatic rings. The minimum atomic E-state index is -0.419. The zero-order valence-electron chi connectivity index (χ0n) is 11.4. The average Bonchev–Trinajstić information content (AvgIpc) is 2.87. The molecule has 4 nitrogen and oxygen atoms in total. The summed E-state index contributed by atoms with van der Waals surface area (Å²) in [7, 11) is 0. The Morgan fingerprint density at radius 1 is 1.20 bits per heavy atom. The summed E-state index contributed by atoms with van der Waals surface area (Å²) in [5.74, 6) is -0.419. The first-order valence-corrected chi connectivity index (χ1v) is 6.42. The van der Waals surface area contributed by atoms with Gasteiger partial charge in [-0.25, -0.2) is 0 Å². The smallest absolute Gasteiger partial charge is 0.249 e. The molecule has 0 saturated carbocycles. The van der Waals surface area contributed by atoms with Crippen LogP contribution < -0.4 is 5.73 Å². The Morgan fingerprint density at radius 2 is 2.00 bits per heavy atom. The number of aryl methyl sites for hydroxylation is 1. The van der Waals surface area contributed by atoms with E-state index in [1.54, 1.807) is 6.07 Å². The number of hydrogen-bond donors (Lipinski definition) is 2. The average molecular weight is 265 g/mol. The van der Waals surface area contributed by atoms with Crippen molar-refractivity contribution in [1.29, 1.82) is 0 Å². The molecule has 1 aromatic carbocycles. The number of nitrogens with two attached hydrogens (primary N) is 1. The van der Waals surface area contributed by atoms with Crippen molar-refractivity contribution in [3.63, 3.8) is 0 Å². The second-order valence-electron chi connectivity index (χ2n) is 4.93. The molecule has 3 N–H and O–H groups in total. The first-order chi connectivity index (χ1) is 9.56. The summed E-state index contributed by atoms with van der Waals surface area (Å²) in [5, 5.41) is 1.12. The van der Waals surface area contributed by atoms with Gasteiger partial charge in [-0.2, -0.15) is 0 Å². The van der Waals surface area contributed by atoms with Gasteiger partial charge in [-0.15, -0.1) is 0 Å². The zero-order chi connectivity index (χ0) is 14.3. The number of amides is 1. The van der Waals surface area contributed by atoms with Crippen molar-refractivity contribution >= 4 is 16.8 Å². The molecule has 0 fully saturated rings. The molecule has 20 heavy (non-hydrogen) atoms. The van der Waals surface area contributed by atoms with Crippen molar-refractivity contribution in [1.82, 2.24) is 9.97 Å². The molecule has 3 aromatic rings. The second-order valence-corrected chi connectivity index (χ2v) is 4.93. The van der Waals surface area contributed by atoms with E-state index in [0.717, 1.165) is 33.4 Å². The number of H-pyrrole nitrogens is 1. The van der Waals surface area contributed by atoms with Crippen LogP contribution in [0.4, 0.5) is 0 Å². The van der Waals surface area contributed by atoms with Crippen molar-refractivity contribution in [2.75, 3.05) is 0 Å². The maximum atomic E-state index is 11.5. The van der Waals surface area contributed by atoms with E-state index in [1.807, 2.05) is 38.2 Å². The molecule has 1 amide bonds. The number of carbonyl (C=O) groups excluding carboxylic acids is 1. The fraction of sp³-hybridized carbons (Fsp3) is 0.125. The molecular formula is C16H15N3O. The van der Waals surface area contributed by atoms with Gasteiger partial charge in [-0.1, -0.05) is 6.07 Å². The van der Waals surface area contributed by atoms with Crippen LogP contribution in [0, 0.1) is 13.8 Å². The molecule has 2 heterocycles. The maximum absolute atomic E-state index is 11.5. The molecule has 0 radical (unpaired) electrons. The lowest BCUT2D eigenvalue weighted by molar-refractivity contribution is 0.0999. The highest BCUT2D eigenvalue weighted by atomic mass is 16.1. The van der Waals surface area contributed by atoms with E-state index >= 15 is 0 Å². The van der Waals surface area contributed by atoms with Gasteiger partial charge in [0.1, 0.15) is 0 Å². The Balaban J connectivity index is 2.25. The standard InChI is InChI=1S/C16H15N3O/c1-9-7-13(16(17)20)10(2)15(19-9)12-3-4-14-11(8-12)5-6-18-14/h3-8,18H,1-2H3,(H2,17,20). The van der Waals surface area contributed by atoms with E-state index in [2.05, 4.69) is 16.0 Å². The van der Waals surface area contributed by atoms with Crippen LogP contribution in [0.1, 0.15) is 21.6 Å². The molecular weight excluding hydrogens is 250 g/mol. The van der Waals surface area contributed by atoms with Gasteiger partial charge in [0, 0.05) is 33.9 Å². The quantitative estimate of drug-likeness (QED) is 0.747. The molecule has 0 aliphatic heterocycles. The van der Waals surface area contributed by atoms with Gasteiger partial charge in [-0.05, 0) is 43.7 Å². The summed E-state index contributed by atoms with van der Waals surface area (Å²) >= 11 is 0. The third kappa shape index (κ3) is 1.95. The number of nitrogens with zero attached hydrogens (tertiary/aromatic N) is 1. The Bertz CT molecular complexity index is 818. The lowest BCUT2D eigenvalue weighted by Gasteiger charge is -2.10. The van der Waals surface area contributed by atoms with Crippen LogP contribution in [0.25, 0.3) is 22.2 Å². The summed E-state index contributed by atoms with van der Waals surface area (Å²) in [5.41, 5.74) is 10.4. The highest BCUT2D eigenvalue weighted by Gasteiger charge is 2.13. The van der Waals surface area contributed by atoms with E-state index in [9.17, 15) is 4.79 Å². The predicted octanol–water partition coefficient (Wildman–Crippen LogP) is 2.95. The van der Waals surface area contributed by atoms with Gasteiger partial charge in [0.25, 0.3) is 0 Å². The van der Waals surface area contributed by atoms with Crippen LogP contribution >= 0.6 is 0 Å². The number of aromatic amines is 1. The molecule has 0 unspecified atom stereocenters. The minimum Gasteiger partial charge on any atom is -0.366 e. The molecule has 3 rings (SSSR count). The van der Waals surface area contributed by atoms with Gasteiger partial charge in [-0.3, -0.25) is 9.78 Å². The lowest BCUT2D eigenvalue weighted by atomic mass is 10.00. The number of rotatable bonds is 2. The van der Waals surface area contributed by atoms with Crippen LogP contribution in [-0.4, -0.2) is 15.9 Å². The third-order valence-electron chi connectivity index (χ3n) is 3.49. The van der Waals surface area contributed by atoms with Gasteiger partial charge in [0.15, 0.2) is 0 Å². The Hall–Kier alpha value is -2.62. The summed E-state index contributed by atoms with van der Waals surface area (Å²) in [6.45, 7) is 3.74. The fourth-order valence-corrected chi connectivity index (χ4v) is 2.47. The number of benzene rings is 1. The molecule has 0 bridgehead atoms. The topological polar surface area (TPSA) is 71.8 Å². The number of primary amides is 1. The van der Waals surface area contributed by atoms with Crippen molar-refractivity contribution in [2.24, 2.45) is 5.73 Å². The maximum Gasteiger partial charge on any atom is 0.249 e. The van der Waals surface area contributed by atoms with Crippen LogP contribution in [0.15, 0.2) is 36.5 Å². The fourth-order valence-electron chi connectivity index (χ4n) is 2.47. The summed E-state index contributed by atoms with van der Waals surface area (Å²) in [6, 6.07) is 9.82. The summed E-state index contributed by atoms with van der Waals surface area (Å²) in [4.78, 5) is 19.2. The van der Waals surface area contributed by atoms with E-state index in [0.29, 0.717) is 5.56 Å². The van der Waals surface area contributed by atoms with Crippen molar-refractivity contribution < 1.29 is 4.79 Å². The number of carbonyl (C=O) groups is 1. The third-order valence-corrected chi connectivity index (χ3v) is 3.49. The van der Waals surface area contributed by atoms with Crippen molar-refractivity contribution in [3.05, 3.63) is 53.3 Å². The number of hydrogen-bond acceptors (Lipinski definition) is 2. The first-order valence-electron chi connectivity index (χ1n) is 6.42. The van der Waals surface area contributed by atoms with Crippen molar-refractivity contribution in [2.45, 2.75) is 13.8 Å². The first kappa shape index (κ1) is 12.4. The largest absolute Gasteiger partial charge is 0.366 e. The van der Waals surface area contributed by atoms with Crippen molar-refractivity contribution in [3.8, 4) is 11.3 Å². The van der Waals surface area contributed by atoms with Crippen LogP contribution in [0.3, 0.4) is 0 Å². The Kier molecular flexibility index (Phi) is 2.79. The molecule has 0 aliphatic carbocycles. The number of fused-ring (bicyclic) bond motifs is 1. The molecule has 100 valence electrons. The highest BCUT2D eigenvalue weighted by Crippen LogP contribution is 2.27. The van der Waals surface area contributed by atoms with Gasteiger partial charge in [0.05, 0.1) is 5.69 Å². The van der Waals surface area contributed by atoms with Crippen LogP contribution in [0.2, 0.25) is 0 Å². The van der Waals surface area contributed by atoms with E-state index in [-0.39, 0.29) is 0 Å². The van der Waals surface area contributed by atoms with E-state index < -0.39 is 5.91 Å². The van der Waals surface area contributed by atoms with Gasteiger partial charge >= 0.3 is 0 Å². The minimum absolute atomic E-state index is 0.419. The molecule has 2 aromatic heterocycles. The van der Waals surface area contributed by atoms with Crippen LogP contribution in [0.5, 0.6) is 0 Å². The van der Waals surface area contributed by atoms with E-state index in [1.165, 1.54) is 0 Å². The SMILES string of the molecule is Cc1cc(C(N)=O)c(C)c(-c2ccc3[nH]ccc3c2)n1. The summed E-state index contributed by atoms with van der Waals surface area (Å²) in [6.07, 6.45) is 1.90. The highest BCUT2D eigenvalue weighted by molar-refractivity contribution is 5.96. The molecule has 4 heteroatoms. The molecule has 0 spiro atoms. The van der Waals surface area contributed by atoms with E-state index in [4.69, 9.17) is 5.73 Å². The number of nitrogens with one attached hydrogen (secondary N) is 1. The zero-order valence-corrected chi connectivity index (χ0v) is 11.4.